The van der Waals surface area contributed by atoms with Crippen molar-refractivity contribution in [3.05, 3.63) is 47.7 Å². The summed E-state index contributed by atoms with van der Waals surface area (Å²) in [5.74, 6) is -3.22. The van der Waals surface area contributed by atoms with Crippen LogP contribution in [0.25, 0.3) is 16.9 Å². The number of fused-ring (bicyclic) bond motifs is 1. The van der Waals surface area contributed by atoms with Crippen molar-refractivity contribution in [2.75, 3.05) is 25.5 Å². The van der Waals surface area contributed by atoms with Crippen molar-refractivity contribution in [2.24, 2.45) is 0 Å². The molecule has 0 radical (unpaired) electrons. The molecule has 11 heteroatoms. The van der Waals surface area contributed by atoms with E-state index in [2.05, 4.69) is 15.3 Å². The number of carbonyl (C=O) groups excluding carboxylic acids is 3. The number of ketones is 1. The molecule has 2 aliphatic rings. The van der Waals surface area contributed by atoms with Crippen LogP contribution in [0.4, 0.5) is 19.5 Å². The Morgan fingerprint density at radius 3 is 2.33 bits per heavy atom. The highest BCUT2D eigenvalue weighted by atomic mass is 19.3. The third-order valence-corrected chi connectivity index (χ3v) is 6.86. The minimum atomic E-state index is -2.84. The number of aromatic nitrogens is 3. The molecule has 1 saturated heterocycles. The van der Waals surface area contributed by atoms with Crippen LogP contribution in [0.2, 0.25) is 0 Å². The fraction of sp³-hybridized carbons (Fsp3) is 0.400. The molecule has 1 N–H and O–H groups in total. The molecule has 1 aliphatic heterocycles. The Kier molecular flexibility index (Phi) is 5.53. The molecular formula is C25H26F2N6O3. The number of urea groups is 1. The molecule has 0 bridgehead atoms. The largest absolute Gasteiger partial charge is 0.348 e. The number of hydrogen-bond acceptors (Lipinski definition) is 6. The van der Waals surface area contributed by atoms with Crippen molar-refractivity contribution < 1.29 is 23.2 Å². The third-order valence-electron chi connectivity index (χ3n) is 6.86. The van der Waals surface area contributed by atoms with Gasteiger partial charge in [0.1, 0.15) is 11.1 Å². The van der Waals surface area contributed by atoms with Crippen molar-refractivity contribution >= 4 is 34.8 Å². The van der Waals surface area contributed by atoms with Crippen molar-refractivity contribution in [3.8, 4) is 5.69 Å². The minimum Gasteiger partial charge on any atom is -0.348 e. The van der Waals surface area contributed by atoms with Gasteiger partial charge in [-0.25, -0.2) is 23.5 Å². The highest BCUT2D eigenvalue weighted by Crippen LogP contribution is 2.41. The second-order valence-corrected chi connectivity index (χ2v) is 9.67. The number of alkyl halides is 2. The number of nitrogens with zero attached hydrogens (tertiary/aromatic N) is 5. The average molecular weight is 497 g/mol. The molecule has 36 heavy (non-hydrogen) atoms. The zero-order valence-electron chi connectivity index (χ0n) is 20.2. The molecule has 2 aromatic heterocycles. The lowest BCUT2D eigenvalue weighted by atomic mass is 9.80. The maximum absolute atomic E-state index is 13.6. The Balaban J connectivity index is 1.37. The van der Waals surface area contributed by atoms with Crippen LogP contribution in [-0.2, 0) is 4.79 Å². The summed E-state index contributed by atoms with van der Waals surface area (Å²) in [6.45, 7) is 1.44. The number of amides is 3. The van der Waals surface area contributed by atoms with Gasteiger partial charge in [0, 0.05) is 38.2 Å². The number of hydrogen-bond donors (Lipinski definition) is 1. The van der Waals surface area contributed by atoms with E-state index >= 15 is 0 Å². The molecule has 0 atom stereocenters. The molecule has 1 aliphatic carbocycles. The molecule has 1 saturated carbocycles. The topological polar surface area (TPSA) is 100 Å². The van der Waals surface area contributed by atoms with Crippen LogP contribution in [0.5, 0.6) is 0 Å². The molecule has 9 nitrogen and oxygen atoms in total. The standard InChI is InChI=1S/C25H26F2N6O3/c1-15-4-9-18-20(28-15)33(22(29-18)31(2)3)17-7-5-16(6-8-17)19(34)14-32-21(35)24(30-23(32)36)10-12-25(26,27)13-11-24/h4-9H,10-14H2,1-3H3,(H,30,36). The van der Waals surface area contributed by atoms with E-state index in [9.17, 15) is 23.2 Å². The number of rotatable bonds is 5. The smallest absolute Gasteiger partial charge is 0.325 e. The molecule has 1 spiro atoms. The second-order valence-electron chi connectivity index (χ2n) is 9.67. The van der Waals surface area contributed by atoms with Crippen LogP contribution in [0.1, 0.15) is 41.7 Å². The first-order chi connectivity index (χ1) is 17.0. The highest BCUT2D eigenvalue weighted by Gasteiger charge is 2.55. The Hall–Kier alpha value is -3.89. The predicted molar refractivity (Wildman–Crippen MR) is 129 cm³/mol. The van der Waals surface area contributed by atoms with Gasteiger partial charge in [0.25, 0.3) is 5.91 Å². The summed E-state index contributed by atoms with van der Waals surface area (Å²) in [5.41, 5.74) is 1.97. The Morgan fingerprint density at radius 1 is 1.03 bits per heavy atom. The van der Waals surface area contributed by atoms with Crippen LogP contribution in [0.3, 0.4) is 0 Å². The summed E-state index contributed by atoms with van der Waals surface area (Å²) in [4.78, 5) is 50.4. The lowest BCUT2D eigenvalue weighted by molar-refractivity contribution is -0.135. The van der Waals surface area contributed by atoms with E-state index in [-0.39, 0.29) is 12.8 Å². The van der Waals surface area contributed by atoms with Crippen LogP contribution >= 0.6 is 0 Å². The van der Waals surface area contributed by atoms with Gasteiger partial charge in [-0.1, -0.05) is 0 Å². The summed E-state index contributed by atoms with van der Waals surface area (Å²) in [5, 5.41) is 2.56. The average Bonchev–Trinajstić information content (AvgIpc) is 3.32. The molecule has 5 rings (SSSR count). The van der Waals surface area contributed by atoms with Crippen LogP contribution in [-0.4, -0.2) is 69.3 Å². The minimum absolute atomic E-state index is 0.148. The fourth-order valence-electron chi connectivity index (χ4n) is 4.81. The molecule has 0 unspecified atom stereocenters. The first-order valence-corrected chi connectivity index (χ1v) is 11.7. The lowest BCUT2D eigenvalue weighted by Crippen LogP contribution is -2.51. The molecular weight excluding hydrogens is 470 g/mol. The van der Waals surface area contributed by atoms with Gasteiger partial charge in [-0.3, -0.25) is 19.1 Å². The lowest BCUT2D eigenvalue weighted by Gasteiger charge is -2.34. The predicted octanol–water partition coefficient (Wildman–Crippen LogP) is 3.48. The molecule has 2 fully saturated rings. The summed E-state index contributed by atoms with van der Waals surface area (Å²) in [6, 6.07) is 9.81. The number of Topliss-reactive ketones (excluding diaryl/α,β-unsaturated/α-hetero) is 1. The van der Waals surface area contributed by atoms with E-state index in [1.165, 1.54) is 0 Å². The van der Waals surface area contributed by atoms with Gasteiger partial charge in [-0.05, 0) is 56.2 Å². The number of halogens is 2. The van der Waals surface area contributed by atoms with E-state index in [1.54, 1.807) is 24.3 Å². The molecule has 3 amide bonds. The van der Waals surface area contributed by atoms with Gasteiger partial charge in [0.2, 0.25) is 11.9 Å². The summed E-state index contributed by atoms with van der Waals surface area (Å²) >= 11 is 0. The molecule has 3 heterocycles. The van der Waals surface area contributed by atoms with Gasteiger partial charge in [0.05, 0.1) is 12.2 Å². The third kappa shape index (κ3) is 3.98. The maximum atomic E-state index is 13.6. The van der Waals surface area contributed by atoms with Crippen LogP contribution in [0.15, 0.2) is 36.4 Å². The molecule has 1 aromatic carbocycles. The zero-order valence-corrected chi connectivity index (χ0v) is 20.2. The number of imidazole rings is 1. The van der Waals surface area contributed by atoms with E-state index in [0.29, 0.717) is 17.2 Å². The van der Waals surface area contributed by atoms with Gasteiger partial charge in [-0.2, -0.15) is 0 Å². The summed E-state index contributed by atoms with van der Waals surface area (Å²) in [6.07, 6.45) is -1.25. The number of benzene rings is 1. The van der Waals surface area contributed by atoms with Crippen molar-refractivity contribution in [1.82, 2.24) is 24.8 Å². The number of nitrogens with one attached hydrogen (secondary N) is 1. The number of carbonyl (C=O) groups is 3. The number of imide groups is 1. The number of anilines is 1. The highest BCUT2D eigenvalue weighted by molar-refractivity contribution is 6.11. The van der Waals surface area contributed by atoms with Gasteiger partial charge >= 0.3 is 6.03 Å². The van der Waals surface area contributed by atoms with Crippen molar-refractivity contribution in [1.29, 1.82) is 0 Å². The summed E-state index contributed by atoms with van der Waals surface area (Å²) < 4.78 is 29.1. The van der Waals surface area contributed by atoms with E-state index in [1.807, 2.05) is 42.6 Å². The van der Waals surface area contributed by atoms with Crippen molar-refractivity contribution in [3.63, 3.8) is 0 Å². The molecule has 3 aromatic rings. The first-order valence-electron chi connectivity index (χ1n) is 11.7. The van der Waals surface area contributed by atoms with E-state index in [4.69, 9.17) is 0 Å². The Labute approximate surface area is 206 Å². The van der Waals surface area contributed by atoms with Crippen LogP contribution in [0, 0.1) is 6.92 Å². The van der Waals surface area contributed by atoms with E-state index < -0.39 is 48.6 Å². The van der Waals surface area contributed by atoms with Gasteiger partial charge < -0.3 is 10.2 Å². The first kappa shape index (κ1) is 23.8. The fourth-order valence-corrected chi connectivity index (χ4v) is 4.81. The molecule has 188 valence electrons. The van der Waals surface area contributed by atoms with Gasteiger partial charge in [0.15, 0.2) is 11.4 Å². The number of aryl methyl sites for hydroxylation is 1. The summed E-state index contributed by atoms with van der Waals surface area (Å²) in [7, 11) is 3.75. The van der Waals surface area contributed by atoms with Gasteiger partial charge in [-0.15, -0.1) is 0 Å². The monoisotopic (exact) mass is 496 g/mol. The normalized spacial score (nSPS) is 18.6. The van der Waals surface area contributed by atoms with Crippen molar-refractivity contribution in [2.45, 2.75) is 44.1 Å². The van der Waals surface area contributed by atoms with Crippen LogP contribution < -0.4 is 10.2 Å². The number of pyridine rings is 1. The maximum Gasteiger partial charge on any atom is 0.325 e. The second kappa shape index (κ2) is 8.35. The zero-order chi connectivity index (χ0) is 25.8. The Bertz CT molecular complexity index is 1370. The quantitative estimate of drug-likeness (QED) is 0.429. The SMILES string of the molecule is Cc1ccc2nc(N(C)C)n(-c3ccc(C(=O)CN4C(=O)NC5(CCC(F)(F)CC5)C4=O)cc3)c2n1. The Morgan fingerprint density at radius 2 is 1.69 bits per heavy atom. The van der Waals surface area contributed by atoms with E-state index in [0.717, 1.165) is 21.8 Å².